The maximum atomic E-state index is 4.93. The minimum Gasteiger partial charge on any atom is -0.383 e. The third kappa shape index (κ3) is 1.82. The fraction of sp³-hybridized carbons (Fsp3) is 0.333. The van der Waals surface area contributed by atoms with Crippen molar-refractivity contribution < 1.29 is 4.74 Å². The number of aromatic nitrogens is 3. The first-order valence-corrected chi connectivity index (χ1v) is 4.43. The summed E-state index contributed by atoms with van der Waals surface area (Å²) >= 11 is 0. The molecule has 0 radical (unpaired) electrons. The van der Waals surface area contributed by atoms with Gasteiger partial charge in [0.25, 0.3) is 0 Å². The molecule has 0 aliphatic rings. The lowest BCUT2D eigenvalue weighted by Crippen LogP contribution is -2.09. The van der Waals surface area contributed by atoms with Gasteiger partial charge in [-0.25, -0.2) is 9.50 Å². The van der Waals surface area contributed by atoms with E-state index in [0.717, 1.165) is 18.0 Å². The van der Waals surface area contributed by atoms with Gasteiger partial charge in [0.2, 0.25) is 0 Å². The van der Waals surface area contributed by atoms with Gasteiger partial charge in [0, 0.05) is 25.9 Å². The standard InChI is InChI=1S/C9H12N4O/c1-14-7-5-10-8-3-6-13-9(12-8)2-4-11-13/h2-4,6H,5,7H2,1H3,(H,10,12). The molecule has 0 aliphatic carbocycles. The van der Waals surface area contributed by atoms with Crippen molar-refractivity contribution in [1.29, 1.82) is 0 Å². The van der Waals surface area contributed by atoms with Gasteiger partial charge in [0.05, 0.1) is 12.8 Å². The minimum atomic E-state index is 0.673. The molecule has 74 valence electrons. The molecule has 0 fully saturated rings. The van der Waals surface area contributed by atoms with Gasteiger partial charge >= 0.3 is 0 Å². The van der Waals surface area contributed by atoms with E-state index in [-0.39, 0.29) is 0 Å². The lowest BCUT2D eigenvalue weighted by Gasteiger charge is -2.04. The molecule has 0 amide bonds. The van der Waals surface area contributed by atoms with E-state index < -0.39 is 0 Å². The van der Waals surface area contributed by atoms with Crippen LogP contribution in [0.4, 0.5) is 5.82 Å². The molecule has 0 spiro atoms. The maximum Gasteiger partial charge on any atom is 0.157 e. The number of rotatable bonds is 4. The molecule has 1 N–H and O–H groups in total. The third-order valence-electron chi connectivity index (χ3n) is 1.87. The summed E-state index contributed by atoms with van der Waals surface area (Å²) in [4.78, 5) is 4.34. The van der Waals surface area contributed by atoms with Crippen LogP contribution in [0.1, 0.15) is 0 Å². The predicted octanol–water partition coefficient (Wildman–Crippen LogP) is 0.788. The summed E-state index contributed by atoms with van der Waals surface area (Å²) in [6.07, 6.45) is 3.60. The van der Waals surface area contributed by atoms with Gasteiger partial charge in [-0.3, -0.25) is 0 Å². The number of methoxy groups -OCH3 is 1. The van der Waals surface area contributed by atoms with Gasteiger partial charge in [-0.1, -0.05) is 0 Å². The quantitative estimate of drug-likeness (QED) is 0.727. The van der Waals surface area contributed by atoms with Crippen molar-refractivity contribution in [2.45, 2.75) is 0 Å². The predicted molar refractivity (Wildman–Crippen MR) is 53.4 cm³/mol. The second-order valence-electron chi connectivity index (χ2n) is 2.87. The van der Waals surface area contributed by atoms with E-state index in [0.29, 0.717) is 6.61 Å². The Morgan fingerprint density at radius 1 is 1.50 bits per heavy atom. The van der Waals surface area contributed by atoms with Crippen molar-refractivity contribution in [2.75, 3.05) is 25.6 Å². The maximum absolute atomic E-state index is 4.93. The summed E-state index contributed by atoms with van der Waals surface area (Å²) in [6, 6.07) is 3.75. The molecular formula is C9H12N4O. The van der Waals surface area contributed by atoms with Gasteiger partial charge in [0.15, 0.2) is 5.65 Å². The highest BCUT2D eigenvalue weighted by Gasteiger charge is 1.96. The van der Waals surface area contributed by atoms with Gasteiger partial charge in [-0.15, -0.1) is 0 Å². The Labute approximate surface area is 81.7 Å². The van der Waals surface area contributed by atoms with E-state index >= 15 is 0 Å². The first-order chi connectivity index (χ1) is 6.90. The van der Waals surface area contributed by atoms with Crippen LogP contribution >= 0.6 is 0 Å². The number of hydrogen-bond donors (Lipinski definition) is 1. The van der Waals surface area contributed by atoms with E-state index in [9.17, 15) is 0 Å². The summed E-state index contributed by atoms with van der Waals surface area (Å²) in [5, 5.41) is 7.21. The second-order valence-corrected chi connectivity index (χ2v) is 2.87. The number of hydrogen-bond acceptors (Lipinski definition) is 4. The summed E-state index contributed by atoms with van der Waals surface area (Å²) in [5.41, 5.74) is 0.840. The zero-order chi connectivity index (χ0) is 9.80. The molecular weight excluding hydrogens is 180 g/mol. The van der Waals surface area contributed by atoms with Gasteiger partial charge in [-0.2, -0.15) is 5.10 Å². The van der Waals surface area contributed by atoms with Crippen molar-refractivity contribution in [1.82, 2.24) is 14.6 Å². The van der Waals surface area contributed by atoms with Crippen LogP contribution in [0.2, 0.25) is 0 Å². The number of nitrogens with zero attached hydrogens (tertiary/aromatic N) is 3. The smallest absolute Gasteiger partial charge is 0.157 e. The Balaban J connectivity index is 2.10. The number of ether oxygens (including phenoxy) is 1. The molecule has 2 rings (SSSR count). The van der Waals surface area contributed by atoms with E-state index in [1.807, 2.05) is 18.3 Å². The Hall–Kier alpha value is -1.62. The molecule has 2 heterocycles. The van der Waals surface area contributed by atoms with E-state index in [2.05, 4.69) is 15.4 Å². The molecule has 0 atom stereocenters. The van der Waals surface area contributed by atoms with Gasteiger partial charge < -0.3 is 10.1 Å². The van der Waals surface area contributed by atoms with Crippen LogP contribution in [0, 0.1) is 0 Å². The van der Waals surface area contributed by atoms with Crippen molar-refractivity contribution in [3.8, 4) is 0 Å². The highest BCUT2D eigenvalue weighted by molar-refractivity contribution is 5.45. The number of fused-ring (bicyclic) bond motifs is 1. The zero-order valence-electron chi connectivity index (χ0n) is 7.97. The Bertz CT molecular complexity index is 412. The third-order valence-corrected chi connectivity index (χ3v) is 1.87. The van der Waals surface area contributed by atoms with Crippen LogP contribution in [0.3, 0.4) is 0 Å². The van der Waals surface area contributed by atoms with Crippen LogP contribution < -0.4 is 5.32 Å². The van der Waals surface area contributed by atoms with Crippen LogP contribution in [0.25, 0.3) is 5.65 Å². The Morgan fingerprint density at radius 2 is 2.43 bits per heavy atom. The molecule has 2 aromatic heterocycles. The van der Waals surface area contributed by atoms with E-state index in [1.165, 1.54) is 0 Å². The highest BCUT2D eigenvalue weighted by atomic mass is 16.5. The topological polar surface area (TPSA) is 51.5 Å². The monoisotopic (exact) mass is 192 g/mol. The average Bonchev–Trinajstić information content (AvgIpc) is 2.65. The minimum absolute atomic E-state index is 0.673. The Kier molecular flexibility index (Phi) is 2.60. The van der Waals surface area contributed by atoms with Crippen LogP contribution in [-0.4, -0.2) is 34.9 Å². The molecule has 0 bridgehead atoms. The lowest BCUT2D eigenvalue weighted by atomic mass is 10.5. The summed E-state index contributed by atoms with van der Waals surface area (Å²) in [7, 11) is 1.68. The highest BCUT2D eigenvalue weighted by Crippen LogP contribution is 2.04. The summed E-state index contributed by atoms with van der Waals surface area (Å²) in [6.45, 7) is 1.43. The first kappa shape index (κ1) is 8.96. The summed E-state index contributed by atoms with van der Waals surface area (Å²) in [5.74, 6) is 0.843. The van der Waals surface area contributed by atoms with Gasteiger partial charge in [0.1, 0.15) is 5.82 Å². The van der Waals surface area contributed by atoms with Crippen LogP contribution in [0.5, 0.6) is 0 Å². The second kappa shape index (κ2) is 4.06. The molecule has 0 aliphatic heterocycles. The molecule has 5 nitrogen and oxygen atoms in total. The first-order valence-electron chi connectivity index (χ1n) is 4.43. The molecule has 2 aromatic rings. The number of anilines is 1. The largest absolute Gasteiger partial charge is 0.383 e. The SMILES string of the molecule is COCCNc1ccn2nccc2n1. The molecule has 5 heteroatoms. The fourth-order valence-electron chi connectivity index (χ4n) is 1.19. The molecule has 0 saturated carbocycles. The van der Waals surface area contributed by atoms with Crippen molar-refractivity contribution in [2.24, 2.45) is 0 Å². The van der Waals surface area contributed by atoms with Gasteiger partial charge in [-0.05, 0) is 6.07 Å². The van der Waals surface area contributed by atoms with E-state index in [1.54, 1.807) is 17.8 Å². The zero-order valence-corrected chi connectivity index (χ0v) is 7.97. The summed E-state index contributed by atoms with van der Waals surface area (Å²) < 4.78 is 6.65. The lowest BCUT2D eigenvalue weighted by molar-refractivity contribution is 0.210. The van der Waals surface area contributed by atoms with Crippen molar-refractivity contribution in [3.05, 3.63) is 24.5 Å². The molecule has 0 aromatic carbocycles. The van der Waals surface area contributed by atoms with Crippen molar-refractivity contribution >= 4 is 11.5 Å². The number of nitrogens with one attached hydrogen (secondary N) is 1. The fourth-order valence-corrected chi connectivity index (χ4v) is 1.19. The molecule has 14 heavy (non-hydrogen) atoms. The van der Waals surface area contributed by atoms with Crippen molar-refractivity contribution in [3.63, 3.8) is 0 Å². The normalized spacial score (nSPS) is 10.6. The van der Waals surface area contributed by atoms with Crippen LogP contribution in [-0.2, 0) is 4.74 Å². The van der Waals surface area contributed by atoms with E-state index in [4.69, 9.17) is 4.74 Å². The molecule has 0 unspecified atom stereocenters. The Morgan fingerprint density at radius 3 is 3.29 bits per heavy atom. The average molecular weight is 192 g/mol. The molecule has 0 saturated heterocycles. The van der Waals surface area contributed by atoms with Crippen LogP contribution in [0.15, 0.2) is 24.5 Å².